The highest BCUT2D eigenvalue weighted by atomic mass is 35.5. The van der Waals surface area contributed by atoms with Crippen molar-refractivity contribution >= 4 is 11.6 Å². The molecule has 1 aromatic heterocycles. The van der Waals surface area contributed by atoms with E-state index in [-0.39, 0.29) is 5.69 Å². The maximum absolute atomic E-state index is 12.6. The molecular weight excluding hydrogens is 285 g/mol. The summed E-state index contributed by atoms with van der Waals surface area (Å²) in [4.78, 5) is 3.43. The molecule has 0 saturated heterocycles. The number of ether oxygens (including phenoxy) is 1. The number of pyridine rings is 1. The first-order chi connectivity index (χ1) is 8.28. The molecule has 0 spiro atoms. The van der Waals surface area contributed by atoms with Gasteiger partial charge in [-0.1, -0.05) is 0 Å². The SMILES string of the molecule is OCc1nc(CCl)c(C(F)F)cc1OC(F)(F)F. The molecule has 1 rings (SSSR count). The number of aliphatic hydroxyl groups excluding tert-OH is 1. The van der Waals surface area contributed by atoms with Gasteiger partial charge >= 0.3 is 6.36 Å². The highest BCUT2D eigenvalue weighted by Gasteiger charge is 2.33. The minimum absolute atomic E-state index is 0.301. The van der Waals surface area contributed by atoms with Crippen LogP contribution in [-0.4, -0.2) is 16.5 Å². The van der Waals surface area contributed by atoms with Crippen LogP contribution in [0, 0.1) is 0 Å². The molecule has 0 fully saturated rings. The molecule has 102 valence electrons. The Morgan fingerprint density at radius 1 is 1.33 bits per heavy atom. The highest BCUT2D eigenvalue weighted by molar-refractivity contribution is 6.17. The van der Waals surface area contributed by atoms with E-state index in [1.54, 1.807) is 0 Å². The van der Waals surface area contributed by atoms with Crippen molar-refractivity contribution in [2.45, 2.75) is 25.3 Å². The first-order valence-corrected chi connectivity index (χ1v) is 5.05. The van der Waals surface area contributed by atoms with Crippen LogP contribution < -0.4 is 4.74 Å². The number of hydrogen-bond acceptors (Lipinski definition) is 3. The van der Waals surface area contributed by atoms with Gasteiger partial charge in [-0.3, -0.25) is 0 Å². The van der Waals surface area contributed by atoms with E-state index >= 15 is 0 Å². The molecular formula is C9H7ClF5NO2. The van der Waals surface area contributed by atoms with E-state index in [0.29, 0.717) is 6.07 Å². The quantitative estimate of drug-likeness (QED) is 0.684. The number of halogens is 6. The lowest BCUT2D eigenvalue weighted by molar-refractivity contribution is -0.275. The van der Waals surface area contributed by atoms with E-state index in [1.165, 1.54) is 0 Å². The Morgan fingerprint density at radius 2 is 1.94 bits per heavy atom. The molecule has 18 heavy (non-hydrogen) atoms. The molecule has 0 atom stereocenters. The molecule has 0 aliphatic carbocycles. The minimum Gasteiger partial charge on any atom is -0.404 e. The van der Waals surface area contributed by atoms with E-state index < -0.39 is 42.3 Å². The molecule has 3 nitrogen and oxygen atoms in total. The summed E-state index contributed by atoms with van der Waals surface area (Å²) in [5, 5.41) is 8.82. The van der Waals surface area contributed by atoms with E-state index in [0.717, 1.165) is 0 Å². The second-order valence-corrected chi connectivity index (χ2v) is 3.38. The third-order valence-electron chi connectivity index (χ3n) is 1.91. The third kappa shape index (κ3) is 3.67. The summed E-state index contributed by atoms with van der Waals surface area (Å²) >= 11 is 5.35. The van der Waals surface area contributed by atoms with Crippen LogP contribution in [0.5, 0.6) is 5.75 Å². The van der Waals surface area contributed by atoms with Crippen LogP contribution in [0.1, 0.15) is 23.4 Å². The zero-order valence-electron chi connectivity index (χ0n) is 8.64. The Labute approximate surface area is 103 Å². The lowest BCUT2D eigenvalue weighted by atomic mass is 10.1. The number of rotatable bonds is 4. The van der Waals surface area contributed by atoms with Gasteiger partial charge in [-0.2, -0.15) is 0 Å². The van der Waals surface area contributed by atoms with Gasteiger partial charge in [-0.05, 0) is 6.07 Å². The van der Waals surface area contributed by atoms with E-state index in [4.69, 9.17) is 16.7 Å². The molecule has 0 bridgehead atoms. The molecule has 9 heteroatoms. The van der Waals surface area contributed by atoms with Gasteiger partial charge in [0.15, 0.2) is 5.75 Å². The van der Waals surface area contributed by atoms with Gasteiger partial charge in [0.1, 0.15) is 5.69 Å². The lowest BCUT2D eigenvalue weighted by Gasteiger charge is -2.15. The Balaban J connectivity index is 3.27. The number of hydrogen-bond donors (Lipinski definition) is 1. The molecule has 0 aliphatic heterocycles. The van der Waals surface area contributed by atoms with Crippen LogP contribution >= 0.6 is 11.6 Å². The molecule has 1 aromatic rings. The van der Waals surface area contributed by atoms with Crippen LogP contribution in [0.2, 0.25) is 0 Å². The molecule has 1 heterocycles. The second-order valence-electron chi connectivity index (χ2n) is 3.11. The van der Waals surface area contributed by atoms with Crippen molar-refractivity contribution in [2.75, 3.05) is 0 Å². The van der Waals surface area contributed by atoms with Crippen molar-refractivity contribution in [2.24, 2.45) is 0 Å². The highest BCUT2D eigenvalue weighted by Crippen LogP contribution is 2.32. The average Bonchev–Trinajstić information content (AvgIpc) is 2.26. The predicted octanol–water partition coefficient (Wildman–Crippen LogP) is 3.15. The van der Waals surface area contributed by atoms with Crippen molar-refractivity contribution in [1.29, 1.82) is 0 Å². The molecule has 0 aliphatic rings. The Morgan fingerprint density at radius 3 is 2.33 bits per heavy atom. The fourth-order valence-corrected chi connectivity index (χ4v) is 1.43. The lowest BCUT2D eigenvalue weighted by Crippen LogP contribution is -2.19. The van der Waals surface area contributed by atoms with Crippen LogP contribution in [-0.2, 0) is 12.5 Å². The number of nitrogens with zero attached hydrogens (tertiary/aromatic N) is 1. The van der Waals surface area contributed by atoms with Crippen LogP contribution in [0.3, 0.4) is 0 Å². The predicted molar refractivity (Wildman–Crippen MR) is 51.4 cm³/mol. The smallest absolute Gasteiger partial charge is 0.404 e. The van der Waals surface area contributed by atoms with E-state index in [1.807, 2.05) is 0 Å². The Kier molecular flexibility index (Phi) is 4.69. The molecule has 0 amide bonds. The van der Waals surface area contributed by atoms with Gasteiger partial charge in [0.25, 0.3) is 6.43 Å². The third-order valence-corrected chi connectivity index (χ3v) is 2.16. The topological polar surface area (TPSA) is 42.4 Å². The molecule has 1 N–H and O–H groups in total. The van der Waals surface area contributed by atoms with Crippen LogP contribution in [0.25, 0.3) is 0 Å². The normalized spacial score (nSPS) is 12.0. The largest absolute Gasteiger partial charge is 0.573 e. The summed E-state index contributed by atoms with van der Waals surface area (Å²) in [6.45, 7) is -0.890. The maximum Gasteiger partial charge on any atom is 0.573 e. The molecule has 0 aromatic carbocycles. The summed E-state index contributed by atoms with van der Waals surface area (Å²) in [5.74, 6) is -1.38. The molecule has 0 unspecified atom stereocenters. The number of aromatic nitrogens is 1. The number of aliphatic hydroxyl groups is 1. The summed E-state index contributed by atoms with van der Waals surface area (Å²) in [6.07, 6.45) is -8.11. The van der Waals surface area contributed by atoms with E-state index in [2.05, 4.69) is 9.72 Å². The maximum atomic E-state index is 12.6. The summed E-state index contributed by atoms with van der Waals surface area (Å²) in [6, 6.07) is 0.481. The van der Waals surface area contributed by atoms with Gasteiger partial charge < -0.3 is 9.84 Å². The molecule has 0 radical (unpaired) electrons. The minimum atomic E-state index is -5.06. The zero-order valence-corrected chi connectivity index (χ0v) is 9.40. The first-order valence-electron chi connectivity index (χ1n) is 4.52. The zero-order chi connectivity index (χ0) is 13.9. The fourth-order valence-electron chi connectivity index (χ4n) is 1.21. The van der Waals surface area contributed by atoms with E-state index in [9.17, 15) is 22.0 Å². The van der Waals surface area contributed by atoms with Gasteiger partial charge in [-0.25, -0.2) is 13.8 Å². The summed E-state index contributed by atoms with van der Waals surface area (Å²) < 4.78 is 64.7. The monoisotopic (exact) mass is 291 g/mol. The van der Waals surface area contributed by atoms with Crippen LogP contribution in [0.4, 0.5) is 22.0 Å². The summed E-state index contributed by atoms with van der Waals surface area (Å²) in [5.41, 5.74) is -1.57. The second kappa shape index (κ2) is 5.66. The summed E-state index contributed by atoms with van der Waals surface area (Å²) in [7, 11) is 0. The van der Waals surface area contributed by atoms with Crippen molar-refractivity contribution < 1.29 is 31.8 Å². The molecule has 0 saturated carbocycles. The van der Waals surface area contributed by atoms with Crippen molar-refractivity contribution in [1.82, 2.24) is 4.98 Å². The van der Waals surface area contributed by atoms with Gasteiger partial charge in [0, 0.05) is 5.56 Å². The Hall–Kier alpha value is -1.15. The Bertz CT molecular complexity index is 424. The van der Waals surface area contributed by atoms with Crippen molar-refractivity contribution in [3.05, 3.63) is 23.0 Å². The van der Waals surface area contributed by atoms with Gasteiger partial charge in [0.2, 0.25) is 0 Å². The van der Waals surface area contributed by atoms with Gasteiger partial charge in [-0.15, -0.1) is 24.8 Å². The fraction of sp³-hybridized carbons (Fsp3) is 0.444. The van der Waals surface area contributed by atoms with Crippen LogP contribution in [0.15, 0.2) is 6.07 Å². The average molecular weight is 292 g/mol. The first kappa shape index (κ1) is 14.9. The van der Waals surface area contributed by atoms with Crippen molar-refractivity contribution in [3.63, 3.8) is 0 Å². The van der Waals surface area contributed by atoms with Gasteiger partial charge in [0.05, 0.1) is 18.2 Å². The van der Waals surface area contributed by atoms with Crippen molar-refractivity contribution in [3.8, 4) is 5.75 Å². The standard InChI is InChI=1S/C9H7ClF5NO2/c10-2-5-4(8(11)12)1-7(6(3-17)16-5)18-9(13,14)15/h1,8,17H,2-3H2. The number of alkyl halides is 6.